The third kappa shape index (κ3) is 2.58. The lowest BCUT2D eigenvalue weighted by Crippen LogP contribution is -2.32. The van der Waals surface area contributed by atoms with Crippen molar-refractivity contribution in [2.75, 3.05) is 0 Å². The summed E-state index contributed by atoms with van der Waals surface area (Å²) in [4.78, 5) is 0. The summed E-state index contributed by atoms with van der Waals surface area (Å²) in [6.45, 7) is 8.44. The first-order valence-corrected chi connectivity index (χ1v) is 6.81. The zero-order valence-corrected chi connectivity index (χ0v) is 11.5. The fraction of sp³-hybridized carbons (Fsp3) is 0.867. The van der Waals surface area contributed by atoms with Gasteiger partial charge < -0.3 is 10.2 Å². The van der Waals surface area contributed by atoms with E-state index in [2.05, 4.69) is 19.9 Å². The largest absolute Gasteiger partial charge is 0.390 e. The van der Waals surface area contributed by atoms with E-state index in [-0.39, 0.29) is 11.5 Å². The first kappa shape index (κ1) is 13.1. The van der Waals surface area contributed by atoms with Crippen LogP contribution in [0.1, 0.15) is 53.4 Å². The molecule has 0 amide bonds. The molecule has 0 aromatic heterocycles. The van der Waals surface area contributed by atoms with Crippen LogP contribution in [0.5, 0.6) is 0 Å². The van der Waals surface area contributed by atoms with E-state index in [1.165, 1.54) is 0 Å². The summed E-state index contributed by atoms with van der Waals surface area (Å²) in [6.07, 6.45) is 5.40. The number of aliphatic hydroxyl groups is 2. The normalized spacial score (nSPS) is 48.8. The Morgan fingerprint density at radius 3 is 2.53 bits per heavy atom. The molecule has 2 N–H and O–H groups in total. The van der Waals surface area contributed by atoms with Crippen molar-refractivity contribution in [3.05, 3.63) is 11.6 Å². The Morgan fingerprint density at radius 1 is 1.24 bits per heavy atom. The van der Waals surface area contributed by atoms with Crippen molar-refractivity contribution in [1.82, 2.24) is 0 Å². The maximum Gasteiger partial charge on any atom is 0.0752 e. The lowest BCUT2D eigenvalue weighted by molar-refractivity contribution is 0.0101. The van der Waals surface area contributed by atoms with Gasteiger partial charge in [0.15, 0.2) is 0 Å². The first-order chi connectivity index (χ1) is 7.74. The molecular formula is C15H26O2. The van der Waals surface area contributed by atoms with Gasteiger partial charge in [-0.3, -0.25) is 0 Å². The van der Waals surface area contributed by atoms with Gasteiger partial charge in [-0.25, -0.2) is 0 Å². The molecule has 2 nitrogen and oxygen atoms in total. The predicted octanol–water partition coefficient (Wildman–Crippen LogP) is 2.89. The highest BCUT2D eigenvalue weighted by Crippen LogP contribution is 2.58. The average molecular weight is 238 g/mol. The average Bonchev–Trinajstić information content (AvgIpc) is 2.95. The summed E-state index contributed by atoms with van der Waals surface area (Å²) in [5, 5.41) is 20.7. The van der Waals surface area contributed by atoms with E-state index in [1.807, 2.05) is 13.8 Å². The van der Waals surface area contributed by atoms with Crippen molar-refractivity contribution in [1.29, 1.82) is 0 Å². The molecule has 2 heteroatoms. The highest BCUT2D eigenvalue weighted by Gasteiger charge is 2.55. The van der Waals surface area contributed by atoms with Crippen molar-refractivity contribution in [3.8, 4) is 0 Å². The standard InChI is InChI=1S/C15H26O2/c1-10-6-5-7-15(4,17)12-8-11(12)14(2,3)9-13(10)16/h6,11-13,16-17H,5,7-9H2,1-4H3/b10-6+/t11-,12-,13+,15-/m0/s1. The van der Waals surface area contributed by atoms with Gasteiger partial charge in [-0.15, -0.1) is 0 Å². The molecule has 0 bridgehead atoms. The monoisotopic (exact) mass is 238 g/mol. The zero-order chi connectivity index (χ0) is 12.8. The summed E-state index contributed by atoms with van der Waals surface area (Å²) < 4.78 is 0. The number of hydrogen-bond acceptors (Lipinski definition) is 2. The third-order valence-electron chi connectivity index (χ3n) is 4.95. The fourth-order valence-corrected chi connectivity index (χ4v) is 3.47. The second-order valence-corrected chi connectivity index (χ2v) is 7.00. The molecule has 2 aliphatic carbocycles. The molecular weight excluding hydrogens is 212 g/mol. The Morgan fingerprint density at radius 2 is 1.88 bits per heavy atom. The Labute approximate surface area is 105 Å². The molecule has 0 saturated heterocycles. The lowest BCUT2D eigenvalue weighted by atomic mass is 9.76. The number of aliphatic hydroxyl groups excluding tert-OH is 1. The molecule has 1 saturated carbocycles. The van der Waals surface area contributed by atoms with Gasteiger partial charge in [0.2, 0.25) is 0 Å². The van der Waals surface area contributed by atoms with Crippen LogP contribution >= 0.6 is 0 Å². The van der Waals surface area contributed by atoms with Gasteiger partial charge in [0.1, 0.15) is 0 Å². The van der Waals surface area contributed by atoms with E-state index in [0.717, 1.165) is 31.3 Å². The molecule has 0 aromatic carbocycles. The van der Waals surface area contributed by atoms with Crippen molar-refractivity contribution in [2.45, 2.75) is 65.1 Å². The van der Waals surface area contributed by atoms with E-state index < -0.39 is 5.60 Å². The van der Waals surface area contributed by atoms with Crippen molar-refractivity contribution in [2.24, 2.45) is 17.3 Å². The molecule has 17 heavy (non-hydrogen) atoms. The molecule has 0 heterocycles. The fourth-order valence-electron chi connectivity index (χ4n) is 3.47. The van der Waals surface area contributed by atoms with Gasteiger partial charge in [0.05, 0.1) is 11.7 Å². The van der Waals surface area contributed by atoms with Gasteiger partial charge in [-0.1, -0.05) is 19.9 Å². The van der Waals surface area contributed by atoms with E-state index in [4.69, 9.17) is 0 Å². The van der Waals surface area contributed by atoms with Crippen molar-refractivity contribution < 1.29 is 10.2 Å². The van der Waals surface area contributed by atoms with Gasteiger partial charge in [0, 0.05) is 0 Å². The molecule has 98 valence electrons. The Balaban J connectivity index is 2.22. The van der Waals surface area contributed by atoms with Crippen molar-refractivity contribution in [3.63, 3.8) is 0 Å². The summed E-state index contributed by atoms with van der Waals surface area (Å²) in [6, 6.07) is 0. The number of rotatable bonds is 0. The number of fused-ring (bicyclic) bond motifs is 1. The highest BCUT2D eigenvalue weighted by molar-refractivity contribution is 5.12. The van der Waals surface area contributed by atoms with Gasteiger partial charge in [-0.05, 0) is 62.4 Å². The Hall–Kier alpha value is -0.340. The van der Waals surface area contributed by atoms with Crippen molar-refractivity contribution >= 4 is 0 Å². The SMILES string of the molecule is C/C1=C\CC[C@](C)(O)[C@H]2C[C@@H]2C(C)(C)C[C@H]1O. The summed E-state index contributed by atoms with van der Waals surface area (Å²) >= 11 is 0. The van der Waals surface area contributed by atoms with Crippen LogP contribution in [0.3, 0.4) is 0 Å². The molecule has 0 aliphatic heterocycles. The van der Waals surface area contributed by atoms with E-state index in [1.54, 1.807) is 0 Å². The topological polar surface area (TPSA) is 40.5 Å². The van der Waals surface area contributed by atoms with Crippen LogP contribution in [0.4, 0.5) is 0 Å². The maximum absolute atomic E-state index is 10.5. The zero-order valence-electron chi connectivity index (χ0n) is 11.5. The van der Waals surface area contributed by atoms with Crippen LogP contribution in [-0.2, 0) is 0 Å². The maximum atomic E-state index is 10.5. The van der Waals surface area contributed by atoms with Crippen LogP contribution < -0.4 is 0 Å². The molecule has 0 unspecified atom stereocenters. The summed E-state index contributed by atoms with van der Waals surface area (Å²) in [5.41, 5.74) is 0.662. The van der Waals surface area contributed by atoms with Crippen LogP contribution in [0.25, 0.3) is 0 Å². The second kappa shape index (κ2) is 4.10. The minimum Gasteiger partial charge on any atom is -0.390 e. The minimum atomic E-state index is -0.527. The molecule has 2 aliphatic rings. The summed E-state index contributed by atoms with van der Waals surface area (Å²) in [5.74, 6) is 0.995. The van der Waals surface area contributed by atoms with E-state index in [0.29, 0.717) is 11.8 Å². The highest BCUT2D eigenvalue weighted by atomic mass is 16.3. The Bertz CT molecular complexity index is 328. The Kier molecular flexibility index (Phi) is 3.16. The molecule has 0 spiro atoms. The smallest absolute Gasteiger partial charge is 0.0752 e. The second-order valence-electron chi connectivity index (χ2n) is 7.00. The lowest BCUT2D eigenvalue weighted by Gasteiger charge is -2.33. The van der Waals surface area contributed by atoms with Crippen LogP contribution in [0.2, 0.25) is 0 Å². The minimum absolute atomic E-state index is 0.126. The molecule has 0 aromatic rings. The predicted molar refractivity (Wildman–Crippen MR) is 69.6 cm³/mol. The van der Waals surface area contributed by atoms with Crippen LogP contribution in [0.15, 0.2) is 11.6 Å². The molecule has 1 fully saturated rings. The van der Waals surface area contributed by atoms with Crippen LogP contribution in [-0.4, -0.2) is 21.9 Å². The van der Waals surface area contributed by atoms with Gasteiger partial charge in [0.25, 0.3) is 0 Å². The van der Waals surface area contributed by atoms with Gasteiger partial charge >= 0.3 is 0 Å². The quantitative estimate of drug-likeness (QED) is 0.637. The van der Waals surface area contributed by atoms with E-state index in [9.17, 15) is 10.2 Å². The third-order valence-corrected chi connectivity index (χ3v) is 4.95. The molecule has 4 atom stereocenters. The van der Waals surface area contributed by atoms with E-state index >= 15 is 0 Å². The number of allylic oxidation sites excluding steroid dienone is 1. The van der Waals surface area contributed by atoms with Gasteiger partial charge in [-0.2, -0.15) is 0 Å². The van der Waals surface area contributed by atoms with Crippen LogP contribution in [0, 0.1) is 17.3 Å². The summed E-state index contributed by atoms with van der Waals surface area (Å²) in [7, 11) is 0. The molecule has 2 rings (SSSR count). The molecule has 0 radical (unpaired) electrons. The number of hydrogen-bond donors (Lipinski definition) is 2. The first-order valence-electron chi connectivity index (χ1n) is 6.81.